The molecule has 0 unspecified atom stereocenters. The van der Waals surface area contributed by atoms with Gasteiger partial charge in [0.25, 0.3) is 0 Å². The highest BCUT2D eigenvalue weighted by Gasteiger charge is 2.31. The Kier molecular flexibility index (Phi) is 2.97. The minimum atomic E-state index is -4.85. The van der Waals surface area contributed by atoms with Crippen LogP contribution in [0.5, 0.6) is 0 Å². The lowest BCUT2D eigenvalue weighted by atomic mass is 10.1. The third-order valence-corrected chi connectivity index (χ3v) is 4.25. The highest BCUT2D eigenvalue weighted by Crippen LogP contribution is 2.31. The highest BCUT2D eigenvalue weighted by molar-refractivity contribution is 5.74. The molecule has 0 saturated carbocycles. The Bertz CT molecular complexity index is 1330. The third kappa shape index (κ3) is 3.77. The molecule has 28 heavy (non-hydrogen) atoms. The molecule has 148 valence electrons. The Balaban J connectivity index is 1.78. The van der Waals surface area contributed by atoms with E-state index in [1.807, 2.05) is 0 Å². The fourth-order valence-electron chi connectivity index (χ4n) is 2.87. The van der Waals surface area contributed by atoms with E-state index in [4.69, 9.17) is 11.0 Å². The van der Waals surface area contributed by atoms with Crippen LogP contribution in [0.25, 0.3) is 11.0 Å². The highest BCUT2D eigenvalue weighted by atomic mass is 19.4. The van der Waals surface area contributed by atoms with Gasteiger partial charge in [-0.1, -0.05) is 18.2 Å². The van der Waals surface area contributed by atoms with E-state index in [1.165, 1.54) is 4.57 Å². The van der Waals surface area contributed by atoms with Gasteiger partial charge in [-0.25, -0.2) is 4.79 Å². The molecule has 0 aliphatic carbocycles. The number of halogens is 3. The molecule has 3 aromatic rings. The zero-order valence-corrected chi connectivity index (χ0v) is 14.4. The van der Waals surface area contributed by atoms with E-state index in [1.54, 1.807) is 24.3 Å². The van der Waals surface area contributed by atoms with Crippen molar-refractivity contribution in [3.63, 3.8) is 0 Å². The molecule has 1 aliphatic rings. The third-order valence-electron chi connectivity index (χ3n) is 4.25. The second-order valence-electron chi connectivity index (χ2n) is 6.08. The standard InChI is InChI=1S/C20H21F3N4O/c21-20(22,23)15-4-3-5-16(14-15)26-11-8-25(9-12-26)10-13-27-18-7-2-1-6-17(18)24-19(27)28/h1-7,14H,8-13H2,(H,24,28)/i8D2,9D2,11D2,12D2. The zero-order valence-electron chi connectivity index (χ0n) is 22.4. The first-order valence-corrected chi connectivity index (χ1v) is 8.37. The molecule has 8 heteroatoms. The maximum atomic E-state index is 13.3. The van der Waals surface area contributed by atoms with Crippen LogP contribution in [-0.4, -0.2) is 47.0 Å². The fourth-order valence-corrected chi connectivity index (χ4v) is 2.87. The summed E-state index contributed by atoms with van der Waals surface area (Å²) in [4.78, 5) is 15.4. The molecule has 1 saturated heterocycles. The quantitative estimate of drug-likeness (QED) is 0.734. The van der Waals surface area contributed by atoms with E-state index in [0.717, 1.165) is 12.1 Å². The van der Waals surface area contributed by atoms with Gasteiger partial charge in [-0.05, 0) is 30.3 Å². The van der Waals surface area contributed by atoms with Crippen LogP contribution in [0.1, 0.15) is 16.5 Å². The van der Waals surface area contributed by atoms with Crippen molar-refractivity contribution in [3.05, 3.63) is 64.6 Å². The molecule has 5 nitrogen and oxygen atoms in total. The second-order valence-corrected chi connectivity index (χ2v) is 6.08. The van der Waals surface area contributed by atoms with Crippen molar-refractivity contribution in [2.24, 2.45) is 0 Å². The summed E-state index contributed by atoms with van der Waals surface area (Å²) in [6.45, 7) is -14.1. The molecular formula is C20H21F3N4O. The molecule has 0 bridgehead atoms. The van der Waals surface area contributed by atoms with Gasteiger partial charge in [-0.15, -0.1) is 0 Å². The molecule has 1 N–H and O–H groups in total. The number of piperazine rings is 1. The van der Waals surface area contributed by atoms with Crippen LogP contribution < -0.4 is 10.6 Å². The van der Waals surface area contributed by atoms with Crippen molar-refractivity contribution in [1.82, 2.24) is 14.5 Å². The van der Waals surface area contributed by atoms with Gasteiger partial charge in [0.1, 0.15) is 0 Å². The molecule has 2 aromatic carbocycles. The topological polar surface area (TPSA) is 44.3 Å². The summed E-state index contributed by atoms with van der Waals surface area (Å²) in [6.07, 6.45) is -4.85. The van der Waals surface area contributed by atoms with Crippen LogP contribution in [-0.2, 0) is 12.7 Å². The predicted molar refractivity (Wildman–Crippen MR) is 103 cm³/mol. The molecule has 0 amide bonds. The van der Waals surface area contributed by atoms with Crippen molar-refractivity contribution >= 4 is 16.7 Å². The molecule has 2 heterocycles. The molecule has 1 fully saturated rings. The van der Waals surface area contributed by atoms with Gasteiger partial charge >= 0.3 is 11.9 Å². The number of hydrogen-bond donors (Lipinski definition) is 1. The van der Waals surface area contributed by atoms with Gasteiger partial charge < -0.3 is 9.88 Å². The summed E-state index contributed by atoms with van der Waals surface area (Å²) in [5.74, 6) is 0. The number of nitrogens with one attached hydrogen (secondary N) is 1. The number of benzene rings is 2. The molecule has 4 rings (SSSR count). The van der Waals surface area contributed by atoms with Gasteiger partial charge in [-0.2, -0.15) is 13.2 Å². The van der Waals surface area contributed by atoms with Crippen molar-refractivity contribution < 1.29 is 24.1 Å². The monoisotopic (exact) mass is 398 g/mol. The number of para-hydroxylation sites is 2. The van der Waals surface area contributed by atoms with Crippen molar-refractivity contribution in [2.75, 3.05) is 37.4 Å². The molecular weight excluding hydrogens is 369 g/mol. The number of imidazole rings is 1. The van der Waals surface area contributed by atoms with E-state index >= 15 is 0 Å². The molecule has 0 radical (unpaired) electrons. The number of fused-ring (bicyclic) bond motifs is 1. The molecule has 0 atom stereocenters. The summed E-state index contributed by atoms with van der Waals surface area (Å²) in [5.41, 5.74) is -1.59. The number of rotatable bonds is 4. The Labute approximate surface area is 171 Å². The lowest BCUT2D eigenvalue weighted by Gasteiger charge is -2.36. The van der Waals surface area contributed by atoms with Crippen LogP contribution in [0, 0.1) is 0 Å². The van der Waals surface area contributed by atoms with Crippen LogP contribution in [0.2, 0.25) is 0 Å². The van der Waals surface area contributed by atoms with Gasteiger partial charge in [0, 0.05) is 50.2 Å². The minimum Gasteiger partial charge on any atom is -0.369 e. The van der Waals surface area contributed by atoms with E-state index in [2.05, 4.69) is 4.98 Å². The number of aromatic amines is 1. The summed E-state index contributed by atoms with van der Waals surface area (Å²) in [7, 11) is 0. The van der Waals surface area contributed by atoms with E-state index in [0.29, 0.717) is 28.1 Å². The Morgan fingerprint density at radius 2 is 1.75 bits per heavy atom. The van der Waals surface area contributed by atoms with Crippen LogP contribution in [0.15, 0.2) is 53.3 Å². The Morgan fingerprint density at radius 1 is 1.00 bits per heavy atom. The van der Waals surface area contributed by atoms with E-state index < -0.39 is 55.6 Å². The molecule has 0 spiro atoms. The normalized spacial score (nSPS) is 27.5. The van der Waals surface area contributed by atoms with E-state index in [-0.39, 0.29) is 11.4 Å². The number of alkyl halides is 3. The average molecular weight is 398 g/mol. The van der Waals surface area contributed by atoms with Crippen molar-refractivity contribution in [2.45, 2.75) is 12.7 Å². The summed E-state index contributed by atoms with van der Waals surface area (Å²) in [5, 5.41) is 0. The smallest absolute Gasteiger partial charge is 0.369 e. The Hall–Kier alpha value is -2.74. The maximum absolute atomic E-state index is 13.3. The van der Waals surface area contributed by atoms with Crippen LogP contribution >= 0.6 is 0 Å². The zero-order chi connectivity index (χ0) is 26.9. The minimum absolute atomic E-state index is 0.0730. The van der Waals surface area contributed by atoms with Gasteiger partial charge in [-0.3, -0.25) is 9.47 Å². The largest absolute Gasteiger partial charge is 0.416 e. The lowest BCUT2D eigenvalue weighted by Crippen LogP contribution is -2.47. The number of nitrogens with zero attached hydrogens (tertiary/aromatic N) is 3. The second kappa shape index (κ2) is 7.35. The number of aromatic nitrogens is 2. The van der Waals surface area contributed by atoms with Gasteiger partial charge in [0.2, 0.25) is 0 Å². The summed E-state index contributed by atoms with van der Waals surface area (Å²) < 4.78 is 109. The molecule has 1 aliphatic heterocycles. The van der Waals surface area contributed by atoms with Crippen LogP contribution in [0.3, 0.4) is 0 Å². The Morgan fingerprint density at radius 3 is 2.50 bits per heavy atom. The first-order valence-electron chi connectivity index (χ1n) is 12.4. The summed E-state index contributed by atoms with van der Waals surface area (Å²) in [6, 6.07) is 9.54. The van der Waals surface area contributed by atoms with Gasteiger partial charge in [0.15, 0.2) is 0 Å². The number of H-pyrrole nitrogens is 1. The first-order chi connectivity index (χ1) is 16.4. The number of anilines is 1. The first kappa shape index (κ1) is 11.3. The number of hydrogen-bond acceptors (Lipinski definition) is 3. The molecule has 1 aromatic heterocycles. The van der Waals surface area contributed by atoms with E-state index in [9.17, 15) is 18.0 Å². The summed E-state index contributed by atoms with van der Waals surface area (Å²) >= 11 is 0. The van der Waals surface area contributed by atoms with Crippen molar-refractivity contribution in [1.29, 1.82) is 0 Å². The average Bonchev–Trinajstić information content (AvgIpc) is 3.07. The van der Waals surface area contributed by atoms with Crippen LogP contribution in [0.4, 0.5) is 18.9 Å². The maximum Gasteiger partial charge on any atom is 0.416 e. The lowest BCUT2D eigenvalue weighted by molar-refractivity contribution is -0.137. The van der Waals surface area contributed by atoms with Gasteiger partial charge in [0.05, 0.1) is 22.1 Å². The SMILES string of the molecule is [2H]C1([2H])N(CCn2c(=O)[nH]c3ccccc32)C([2H])([2H])C([2H])([2H])N(c2cccc(C(F)(F)F)c2)C1([2H])[2H]. The predicted octanol–water partition coefficient (Wildman–Crippen LogP) is 3.17. The van der Waals surface area contributed by atoms with Crippen molar-refractivity contribution in [3.8, 4) is 0 Å². The fraction of sp³-hybridized carbons (Fsp3) is 0.350.